The van der Waals surface area contributed by atoms with E-state index in [1.54, 1.807) is 23.1 Å². The van der Waals surface area contributed by atoms with Gasteiger partial charge in [-0.1, -0.05) is 41.9 Å². The lowest BCUT2D eigenvalue weighted by Gasteiger charge is -2.21. The van der Waals surface area contributed by atoms with Crippen LogP contribution in [-0.4, -0.2) is 25.1 Å². The minimum Gasteiger partial charge on any atom is -0.468 e. The molecule has 4 rings (SSSR count). The van der Waals surface area contributed by atoms with Crippen LogP contribution in [0.25, 0.3) is 0 Å². The molecule has 6 nitrogen and oxygen atoms in total. The first-order valence-electron chi connectivity index (χ1n) is 9.15. The van der Waals surface area contributed by atoms with Crippen molar-refractivity contribution in [2.45, 2.75) is 26.2 Å². The lowest BCUT2D eigenvalue weighted by atomic mass is 10.2. The highest BCUT2D eigenvalue weighted by molar-refractivity contribution is 6.31. The fourth-order valence-corrected chi connectivity index (χ4v) is 3.28. The first kappa shape index (κ1) is 19.3. The molecule has 0 saturated carbocycles. The number of hydrogen-bond donors (Lipinski definition) is 0. The molecule has 0 spiro atoms. The van der Waals surface area contributed by atoms with Crippen molar-refractivity contribution in [2.75, 3.05) is 0 Å². The molecule has 0 radical (unpaired) electrons. The SMILES string of the molecule is Fc1ccc(Cn2nnnc2CN(Cc2ccco2)Cc2ccccc2Cl)cc1. The second kappa shape index (κ2) is 8.98. The molecule has 148 valence electrons. The van der Waals surface area contributed by atoms with Crippen LogP contribution in [0.4, 0.5) is 4.39 Å². The van der Waals surface area contributed by atoms with Crippen LogP contribution in [0.2, 0.25) is 5.02 Å². The Morgan fingerprint density at radius 1 is 0.966 bits per heavy atom. The van der Waals surface area contributed by atoms with Crippen molar-refractivity contribution in [3.63, 3.8) is 0 Å². The van der Waals surface area contributed by atoms with Crippen LogP contribution >= 0.6 is 11.6 Å². The summed E-state index contributed by atoms with van der Waals surface area (Å²) in [5.74, 6) is 1.28. The van der Waals surface area contributed by atoms with Gasteiger partial charge in [-0.25, -0.2) is 9.07 Å². The summed E-state index contributed by atoms with van der Waals surface area (Å²) in [6, 6.07) is 17.9. The van der Waals surface area contributed by atoms with Crippen molar-refractivity contribution >= 4 is 11.6 Å². The molecule has 4 aromatic rings. The van der Waals surface area contributed by atoms with Gasteiger partial charge in [-0.2, -0.15) is 0 Å². The zero-order valence-electron chi connectivity index (χ0n) is 15.6. The molecule has 2 heterocycles. The number of furan rings is 1. The molecule has 2 aromatic carbocycles. The van der Waals surface area contributed by atoms with Crippen LogP contribution in [0.1, 0.15) is 22.7 Å². The smallest absolute Gasteiger partial charge is 0.165 e. The zero-order chi connectivity index (χ0) is 20.1. The van der Waals surface area contributed by atoms with Gasteiger partial charge in [0.05, 0.1) is 25.9 Å². The fraction of sp³-hybridized carbons (Fsp3) is 0.190. The third-order valence-corrected chi connectivity index (χ3v) is 4.90. The summed E-state index contributed by atoms with van der Waals surface area (Å²) >= 11 is 6.36. The van der Waals surface area contributed by atoms with Gasteiger partial charge in [0.15, 0.2) is 5.82 Å². The summed E-state index contributed by atoms with van der Waals surface area (Å²) in [6.07, 6.45) is 1.65. The Morgan fingerprint density at radius 3 is 2.55 bits per heavy atom. The molecule has 2 aromatic heterocycles. The fourth-order valence-electron chi connectivity index (χ4n) is 3.08. The summed E-state index contributed by atoms with van der Waals surface area (Å²) in [6.45, 7) is 2.16. The zero-order valence-corrected chi connectivity index (χ0v) is 16.3. The van der Waals surface area contributed by atoms with Gasteiger partial charge in [0, 0.05) is 11.6 Å². The largest absolute Gasteiger partial charge is 0.468 e. The number of benzene rings is 2. The molecule has 0 N–H and O–H groups in total. The summed E-state index contributed by atoms with van der Waals surface area (Å²) in [5, 5.41) is 12.8. The molecular formula is C21H19ClFN5O. The monoisotopic (exact) mass is 411 g/mol. The van der Waals surface area contributed by atoms with Crippen LogP contribution in [0.15, 0.2) is 71.3 Å². The van der Waals surface area contributed by atoms with Gasteiger partial charge in [0.25, 0.3) is 0 Å². The van der Waals surface area contributed by atoms with Crippen LogP contribution < -0.4 is 0 Å². The molecule has 0 fully saturated rings. The molecule has 8 heteroatoms. The van der Waals surface area contributed by atoms with Gasteiger partial charge in [-0.05, 0) is 51.9 Å². The van der Waals surface area contributed by atoms with Crippen LogP contribution in [0, 0.1) is 5.82 Å². The Labute approximate surface area is 172 Å². The summed E-state index contributed by atoms with van der Waals surface area (Å²) in [7, 11) is 0. The molecule has 0 amide bonds. The average molecular weight is 412 g/mol. The highest BCUT2D eigenvalue weighted by atomic mass is 35.5. The lowest BCUT2D eigenvalue weighted by Crippen LogP contribution is -2.25. The molecule has 0 aliphatic carbocycles. The van der Waals surface area contributed by atoms with E-state index in [2.05, 4.69) is 20.4 Å². The van der Waals surface area contributed by atoms with Gasteiger partial charge in [0.1, 0.15) is 11.6 Å². The van der Waals surface area contributed by atoms with Crippen LogP contribution in [-0.2, 0) is 26.2 Å². The van der Waals surface area contributed by atoms with E-state index in [4.69, 9.17) is 16.0 Å². The Bertz CT molecular complexity index is 1050. The van der Waals surface area contributed by atoms with Crippen molar-refractivity contribution in [1.82, 2.24) is 25.1 Å². The third-order valence-electron chi connectivity index (χ3n) is 4.53. The molecule has 0 bridgehead atoms. The molecular weight excluding hydrogens is 393 g/mol. The number of halogens is 2. The summed E-state index contributed by atoms with van der Waals surface area (Å²) < 4.78 is 20.4. The minimum atomic E-state index is -0.268. The number of aromatic nitrogens is 4. The van der Waals surface area contributed by atoms with Gasteiger partial charge in [-0.3, -0.25) is 4.90 Å². The molecule has 0 saturated heterocycles. The average Bonchev–Trinajstić information content (AvgIpc) is 3.38. The van der Waals surface area contributed by atoms with Crippen molar-refractivity contribution in [3.05, 3.63) is 100 Å². The number of tetrazole rings is 1. The maximum Gasteiger partial charge on any atom is 0.165 e. The topological polar surface area (TPSA) is 60.0 Å². The van der Waals surface area contributed by atoms with Gasteiger partial charge in [0.2, 0.25) is 0 Å². The maximum atomic E-state index is 13.2. The van der Waals surface area contributed by atoms with E-state index in [9.17, 15) is 4.39 Å². The minimum absolute atomic E-state index is 0.268. The second-order valence-electron chi connectivity index (χ2n) is 6.70. The predicted molar refractivity (Wildman–Crippen MR) is 106 cm³/mol. The van der Waals surface area contributed by atoms with Crippen molar-refractivity contribution < 1.29 is 8.81 Å². The van der Waals surface area contributed by atoms with Gasteiger partial charge < -0.3 is 4.42 Å². The summed E-state index contributed by atoms with van der Waals surface area (Å²) in [5.41, 5.74) is 1.93. The van der Waals surface area contributed by atoms with E-state index in [0.717, 1.165) is 16.9 Å². The molecule has 0 unspecified atom stereocenters. The Balaban J connectivity index is 1.53. The van der Waals surface area contributed by atoms with Crippen molar-refractivity contribution in [1.29, 1.82) is 0 Å². The molecule has 0 atom stereocenters. The first-order valence-corrected chi connectivity index (χ1v) is 9.53. The standard InChI is InChI=1S/C21H19ClFN5O/c22-20-6-2-1-4-17(20)13-27(14-19-5-3-11-29-19)15-21-24-25-26-28(21)12-16-7-9-18(23)10-8-16/h1-11H,12-15H2. The van der Waals surface area contributed by atoms with E-state index in [-0.39, 0.29) is 5.82 Å². The van der Waals surface area contributed by atoms with Gasteiger partial charge >= 0.3 is 0 Å². The molecule has 0 aliphatic rings. The number of nitrogens with zero attached hydrogens (tertiary/aromatic N) is 5. The van der Waals surface area contributed by atoms with E-state index < -0.39 is 0 Å². The second-order valence-corrected chi connectivity index (χ2v) is 7.10. The molecule has 0 aliphatic heterocycles. The third kappa shape index (κ3) is 5.07. The highest BCUT2D eigenvalue weighted by Gasteiger charge is 2.16. The predicted octanol–water partition coefficient (Wildman–Crippen LogP) is 4.31. The summed E-state index contributed by atoms with van der Waals surface area (Å²) in [4.78, 5) is 2.16. The number of rotatable bonds is 8. The Hall–Kier alpha value is -3.03. The van der Waals surface area contributed by atoms with E-state index in [0.29, 0.717) is 37.0 Å². The van der Waals surface area contributed by atoms with E-state index in [1.807, 2.05) is 36.4 Å². The molecule has 29 heavy (non-hydrogen) atoms. The van der Waals surface area contributed by atoms with E-state index >= 15 is 0 Å². The Morgan fingerprint density at radius 2 is 1.79 bits per heavy atom. The van der Waals surface area contributed by atoms with Gasteiger partial charge in [-0.15, -0.1) is 5.10 Å². The normalized spacial score (nSPS) is 11.3. The first-order chi connectivity index (χ1) is 14.2. The van der Waals surface area contributed by atoms with Crippen LogP contribution in [0.3, 0.4) is 0 Å². The lowest BCUT2D eigenvalue weighted by molar-refractivity contribution is 0.217. The Kier molecular flexibility index (Phi) is 5.97. The van der Waals surface area contributed by atoms with Crippen molar-refractivity contribution in [2.24, 2.45) is 0 Å². The quantitative estimate of drug-likeness (QED) is 0.432. The number of hydrogen-bond acceptors (Lipinski definition) is 5. The van der Waals surface area contributed by atoms with Crippen molar-refractivity contribution in [3.8, 4) is 0 Å². The van der Waals surface area contributed by atoms with Crippen LogP contribution in [0.5, 0.6) is 0 Å². The maximum absolute atomic E-state index is 13.2. The highest BCUT2D eigenvalue weighted by Crippen LogP contribution is 2.20. The van der Waals surface area contributed by atoms with E-state index in [1.165, 1.54) is 12.1 Å².